The highest BCUT2D eigenvalue weighted by Crippen LogP contribution is 2.30. The fourth-order valence-corrected chi connectivity index (χ4v) is 3.51. The van der Waals surface area contributed by atoms with Crippen molar-refractivity contribution in [1.82, 2.24) is 20.1 Å². The van der Waals surface area contributed by atoms with Crippen LogP contribution in [0.15, 0.2) is 51.6 Å². The van der Waals surface area contributed by atoms with Crippen molar-refractivity contribution in [2.45, 2.75) is 18.8 Å². The number of rotatable bonds is 3. The summed E-state index contributed by atoms with van der Waals surface area (Å²) in [5, 5.41) is 8.22. The van der Waals surface area contributed by atoms with Gasteiger partial charge in [0.25, 0.3) is 5.91 Å². The SMILES string of the molecule is O=C(c1cncc(Br)c1)N1CCC(c2nnc(-c3ccc(F)cc3)o2)CC1. The molecule has 0 aliphatic carbocycles. The Morgan fingerprint density at radius 1 is 1.15 bits per heavy atom. The third-order valence-corrected chi connectivity index (χ3v) is 5.05. The van der Waals surface area contributed by atoms with Gasteiger partial charge in [0, 0.05) is 41.4 Å². The summed E-state index contributed by atoms with van der Waals surface area (Å²) >= 11 is 3.34. The summed E-state index contributed by atoms with van der Waals surface area (Å²) in [6.45, 7) is 1.23. The molecule has 138 valence electrons. The Morgan fingerprint density at radius 2 is 1.89 bits per heavy atom. The fourth-order valence-electron chi connectivity index (χ4n) is 3.15. The van der Waals surface area contributed by atoms with E-state index in [1.165, 1.54) is 12.1 Å². The minimum absolute atomic E-state index is 0.0280. The summed E-state index contributed by atoms with van der Waals surface area (Å²) in [4.78, 5) is 18.5. The van der Waals surface area contributed by atoms with Gasteiger partial charge in [-0.05, 0) is 59.1 Å². The number of nitrogens with zero attached hydrogens (tertiary/aromatic N) is 4. The number of halogens is 2. The van der Waals surface area contributed by atoms with Crippen molar-refractivity contribution in [2.24, 2.45) is 0 Å². The Labute approximate surface area is 163 Å². The number of piperidine rings is 1. The zero-order valence-corrected chi connectivity index (χ0v) is 15.9. The second-order valence-electron chi connectivity index (χ2n) is 6.41. The van der Waals surface area contributed by atoms with Gasteiger partial charge >= 0.3 is 0 Å². The van der Waals surface area contributed by atoms with Crippen molar-refractivity contribution in [2.75, 3.05) is 13.1 Å². The zero-order chi connectivity index (χ0) is 18.8. The van der Waals surface area contributed by atoms with Gasteiger partial charge in [0.1, 0.15) is 5.82 Å². The molecule has 1 amide bonds. The molecule has 0 bridgehead atoms. The second-order valence-corrected chi connectivity index (χ2v) is 7.33. The first kappa shape index (κ1) is 17.8. The average molecular weight is 431 g/mol. The Morgan fingerprint density at radius 3 is 2.59 bits per heavy atom. The molecule has 1 aliphatic rings. The van der Waals surface area contributed by atoms with Gasteiger partial charge in [-0.15, -0.1) is 10.2 Å². The van der Waals surface area contributed by atoms with Gasteiger partial charge in [-0.25, -0.2) is 4.39 Å². The molecule has 0 atom stereocenters. The summed E-state index contributed by atoms with van der Waals surface area (Å²) in [7, 11) is 0. The average Bonchev–Trinajstić information content (AvgIpc) is 3.18. The highest BCUT2D eigenvalue weighted by Gasteiger charge is 2.28. The van der Waals surface area contributed by atoms with Gasteiger partial charge in [-0.3, -0.25) is 9.78 Å². The molecule has 3 aromatic rings. The molecule has 0 unspecified atom stereocenters. The molecule has 0 radical (unpaired) electrons. The molecule has 1 aromatic carbocycles. The lowest BCUT2D eigenvalue weighted by Crippen LogP contribution is -2.38. The van der Waals surface area contributed by atoms with Crippen LogP contribution in [-0.2, 0) is 0 Å². The van der Waals surface area contributed by atoms with E-state index in [-0.39, 0.29) is 17.6 Å². The van der Waals surface area contributed by atoms with Crippen molar-refractivity contribution >= 4 is 21.8 Å². The third-order valence-electron chi connectivity index (χ3n) is 4.62. The van der Waals surface area contributed by atoms with E-state index in [0.29, 0.717) is 36.0 Å². The molecule has 1 fully saturated rings. The Hall–Kier alpha value is -2.61. The molecule has 8 heteroatoms. The monoisotopic (exact) mass is 430 g/mol. The van der Waals surface area contributed by atoms with E-state index in [9.17, 15) is 9.18 Å². The minimum atomic E-state index is -0.309. The van der Waals surface area contributed by atoms with E-state index in [4.69, 9.17) is 4.42 Å². The van der Waals surface area contributed by atoms with Gasteiger partial charge in [0.15, 0.2) is 0 Å². The van der Waals surface area contributed by atoms with Crippen LogP contribution in [0.1, 0.15) is 35.0 Å². The van der Waals surface area contributed by atoms with Gasteiger partial charge in [0.2, 0.25) is 11.8 Å². The molecule has 0 spiro atoms. The number of carbonyl (C=O) groups excluding carboxylic acids is 1. The highest BCUT2D eigenvalue weighted by atomic mass is 79.9. The van der Waals surface area contributed by atoms with Gasteiger partial charge in [-0.1, -0.05) is 0 Å². The molecule has 3 heterocycles. The van der Waals surface area contributed by atoms with Crippen LogP contribution in [0, 0.1) is 5.82 Å². The third kappa shape index (κ3) is 3.90. The maximum Gasteiger partial charge on any atom is 0.255 e. The topological polar surface area (TPSA) is 72.1 Å². The maximum absolute atomic E-state index is 13.0. The quantitative estimate of drug-likeness (QED) is 0.626. The number of likely N-dealkylation sites (tertiary alicyclic amines) is 1. The van der Waals surface area contributed by atoms with Gasteiger partial charge in [-0.2, -0.15) is 0 Å². The van der Waals surface area contributed by atoms with E-state index < -0.39 is 0 Å². The van der Waals surface area contributed by atoms with Crippen LogP contribution in [-0.4, -0.2) is 39.1 Å². The van der Waals surface area contributed by atoms with Crippen LogP contribution in [0.25, 0.3) is 11.5 Å². The standard InChI is InChI=1S/C19H16BrFN4O2/c20-15-9-14(10-22-11-15)19(26)25-7-5-13(6-8-25)18-24-23-17(27-18)12-1-3-16(21)4-2-12/h1-4,9-11,13H,5-8H2. The summed E-state index contributed by atoms with van der Waals surface area (Å²) in [6, 6.07) is 7.72. The molecule has 27 heavy (non-hydrogen) atoms. The highest BCUT2D eigenvalue weighted by molar-refractivity contribution is 9.10. The molecular formula is C19H16BrFN4O2. The first-order valence-corrected chi connectivity index (χ1v) is 9.38. The smallest absolute Gasteiger partial charge is 0.255 e. The van der Waals surface area contributed by atoms with Crippen LogP contribution in [0.4, 0.5) is 4.39 Å². The number of carbonyl (C=O) groups is 1. The van der Waals surface area contributed by atoms with E-state index >= 15 is 0 Å². The van der Waals surface area contributed by atoms with Gasteiger partial charge in [0.05, 0.1) is 5.56 Å². The van der Waals surface area contributed by atoms with E-state index in [1.54, 1.807) is 30.6 Å². The largest absolute Gasteiger partial charge is 0.420 e. The summed E-state index contributed by atoms with van der Waals surface area (Å²) in [5.41, 5.74) is 1.25. The Balaban J connectivity index is 1.41. The predicted molar refractivity (Wildman–Crippen MR) is 99.5 cm³/mol. The van der Waals surface area contributed by atoms with Crippen LogP contribution in [0.3, 0.4) is 0 Å². The van der Waals surface area contributed by atoms with Crippen LogP contribution in [0.5, 0.6) is 0 Å². The number of hydrogen-bond acceptors (Lipinski definition) is 5. The van der Waals surface area contributed by atoms with Crippen molar-refractivity contribution < 1.29 is 13.6 Å². The number of hydrogen-bond donors (Lipinski definition) is 0. The van der Waals surface area contributed by atoms with Gasteiger partial charge < -0.3 is 9.32 Å². The number of aromatic nitrogens is 3. The van der Waals surface area contributed by atoms with E-state index in [2.05, 4.69) is 31.1 Å². The Kier molecular flexibility index (Phi) is 4.98. The molecule has 4 rings (SSSR count). The molecule has 2 aromatic heterocycles. The lowest BCUT2D eigenvalue weighted by Gasteiger charge is -2.30. The lowest BCUT2D eigenvalue weighted by molar-refractivity contribution is 0.0706. The molecular weight excluding hydrogens is 415 g/mol. The second kappa shape index (κ2) is 7.56. The molecule has 0 saturated carbocycles. The maximum atomic E-state index is 13.0. The number of benzene rings is 1. The molecule has 1 aliphatic heterocycles. The fraction of sp³-hybridized carbons (Fsp3) is 0.263. The molecule has 1 saturated heterocycles. The molecule has 6 nitrogen and oxygen atoms in total. The van der Waals surface area contributed by atoms with Crippen LogP contribution in [0.2, 0.25) is 0 Å². The summed E-state index contributed by atoms with van der Waals surface area (Å²) < 4.78 is 19.6. The van der Waals surface area contributed by atoms with Crippen molar-refractivity contribution in [3.8, 4) is 11.5 Å². The van der Waals surface area contributed by atoms with Crippen LogP contribution >= 0.6 is 15.9 Å². The summed E-state index contributed by atoms with van der Waals surface area (Å²) in [5.74, 6) is 0.710. The van der Waals surface area contributed by atoms with E-state index in [0.717, 1.165) is 17.3 Å². The van der Waals surface area contributed by atoms with Crippen molar-refractivity contribution in [3.05, 3.63) is 64.5 Å². The predicted octanol–water partition coefficient (Wildman–Crippen LogP) is 4.05. The Bertz CT molecular complexity index is 952. The van der Waals surface area contributed by atoms with E-state index in [1.807, 2.05) is 4.90 Å². The van der Waals surface area contributed by atoms with Crippen molar-refractivity contribution in [1.29, 1.82) is 0 Å². The molecule has 0 N–H and O–H groups in total. The normalized spacial score (nSPS) is 15.1. The lowest BCUT2D eigenvalue weighted by atomic mass is 9.96. The van der Waals surface area contributed by atoms with Crippen LogP contribution < -0.4 is 0 Å². The first-order chi connectivity index (χ1) is 13.1. The summed E-state index contributed by atoms with van der Waals surface area (Å²) in [6.07, 6.45) is 4.72. The number of pyridine rings is 1. The minimum Gasteiger partial charge on any atom is -0.420 e. The first-order valence-electron chi connectivity index (χ1n) is 8.59. The van der Waals surface area contributed by atoms with Crippen molar-refractivity contribution in [3.63, 3.8) is 0 Å². The number of amides is 1. The zero-order valence-electron chi connectivity index (χ0n) is 14.3.